The van der Waals surface area contributed by atoms with Crippen molar-refractivity contribution in [3.8, 4) is 11.5 Å². The summed E-state index contributed by atoms with van der Waals surface area (Å²) in [6, 6.07) is 10.8. The Morgan fingerprint density at radius 2 is 1.76 bits per heavy atom. The first-order valence-electron chi connectivity index (χ1n) is 9.74. The van der Waals surface area contributed by atoms with Gasteiger partial charge in [-0.25, -0.2) is 13.4 Å². The Balaban J connectivity index is 1.45. The fraction of sp³-hybridized carbons (Fsp3) is 0.476. The zero-order chi connectivity index (χ0) is 20.6. The Kier molecular flexibility index (Phi) is 5.40. The number of methoxy groups -OCH3 is 1. The molecule has 1 saturated carbocycles. The molecule has 4 rings (SSSR count). The minimum atomic E-state index is -3.25. The van der Waals surface area contributed by atoms with Crippen LogP contribution in [0.25, 0.3) is 0 Å². The van der Waals surface area contributed by atoms with Crippen LogP contribution in [0.5, 0.6) is 11.5 Å². The molecule has 0 radical (unpaired) electrons. The van der Waals surface area contributed by atoms with Gasteiger partial charge in [0, 0.05) is 25.5 Å². The second-order valence-corrected chi connectivity index (χ2v) is 9.91. The van der Waals surface area contributed by atoms with E-state index in [2.05, 4.69) is 9.88 Å². The van der Waals surface area contributed by atoms with Crippen LogP contribution in [-0.4, -0.2) is 57.2 Å². The van der Waals surface area contributed by atoms with E-state index >= 15 is 0 Å². The van der Waals surface area contributed by atoms with E-state index in [1.54, 1.807) is 19.2 Å². The van der Waals surface area contributed by atoms with Gasteiger partial charge in [-0.15, -0.1) is 0 Å². The Morgan fingerprint density at radius 3 is 2.38 bits per heavy atom. The van der Waals surface area contributed by atoms with Gasteiger partial charge in [-0.05, 0) is 48.9 Å². The SMILES string of the molecule is COc1ccccc1O[C@@H]1C[C@@H]2CN(c3ccc(S(C)(=O)=O)cn3)C[C@@H]2C[C@H]1O. The summed E-state index contributed by atoms with van der Waals surface area (Å²) < 4.78 is 34.7. The third-order valence-corrected chi connectivity index (χ3v) is 7.00. The highest BCUT2D eigenvalue weighted by atomic mass is 32.2. The maximum absolute atomic E-state index is 11.6. The van der Waals surface area contributed by atoms with Crippen LogP contribution >= 0.6 is 0 Å². The lowest BCUT2D eigenvalue weighted by Gasteiger charge is -2.35. The van der Waals surface area contributed by atoms with Gasteiger partial charge < -0.3 is 19.5 Å². The lowest BCUT2D eigenvalue weighted by molar-refractivity contribution is -0.0240. The summed E-state index contributed by atoms with van der Waals surface area (Å²) in [6.45, 7) is 1.61. The molecule has 0 bridgehead atoms. The van der Waals surface area contributed by atoms with Crippen molar-refractivity contribution >= 4 is 15.7 Å². The minimum Gasteiger partial charge on any atom is -0.493 e. The van der Waals surface area contributed by atoms with E-state index in [-0.39, 0.29) is 11.0 Å². The summed E-state index contributed by atoms with van der Waals surface area (Å²) in [7, 11) is -1.65. The summed E-state index contributed by atoms with van der Waals surface area (Å²) in [5.74, 6) is 2.81. The summed E-state index contributed by atoms with van der Waals surface area (Å²) in [4.78, 5) is 6.74. The molecule has 0 amide bonds. The number of nitrogens with zero attached hydrogens (tertiary/aromatic N) is 2. The van der Waals surface area contributed by atoms with Crippen LogP contribution in [0.2, 0.25) is 0 Å². The van der Waals surface area contributed by atoms with Crippen molar-refractivity contribution in [3.05, 3.63) is 42.6 Å². The monoisotopic (exact) mass is 418 g/mol. The van der Waals surface area contributed by atoms with Gasteiger partial charge in [0.2, 0.25) is 0 Å². The number of sulfone groups is 1. The Hall–Kier alpha value is -2.32. The molecule has 1 aliphatic carbocycles. The average Bonchev–Trinajstić information content (AvgIpc) is 3.11. The molecule has 2 aromatic rings. The van der Waals surface area contributed by atoms with Crippen molar-refractivity contribution in [2.45, 2.75) is 29.9 Å². The number of hydrogen-bond acceptors (Lipinski definition) is 7. The second kappa shape index (κ2) is 7.84. The molecule has 2 aliphatic rings. The van der Waals surface area contributed by atoms with Gasteiger partial charge in [0.15, 0.2) is 21.3 Å². The first-order chi connectivity index (χ1) is 13.8. The predicted octanol–water partition coefficient (Wildman–Crippen LogP) is 2.15. The van der Waals surface area contributed by atoms with Crippen LogP contribution in [0.1, 0.15) is 12.8 Å². The number of rotatable bonds is 5. The van der Waals surface area contributed by atoms with E-state index in [1.807, 2.05) is 24.3 Å². The third kappa shape index (κ3) is 4.18. The average molecular weight is 419 g/mol. The summed E-state index contributed by atoms with van der Waals surface area (Å²) in [5.41, 5.74) is 0. The van der Waals surface area contributed by atoms with Gasteiger partial charge in [-0.3, -0.25) is 0 Å². The van der Waals surface area contributed by atoms with Crippen molar-refractivity contribution in [1.29, 1.82) is 0 Å². The number of pyridine rings is 1. The second-order valence-electron chi connectivity index (χ2n) is 7.90. The smallest absolute Gasteiger partial charge is 0.177 e. The molecule has 1 saturated heterocycles. The van der Waals surface area contributed by atoms with Crippen molar-refractivity contribution in [2.75, 3.05) is 31.4 Å². The van der Waals surface area contributed by atoms with Gasteiger partial charge in [-0.1, -0.05) is 12.1 Å². The maximum atomic E-state index is 11.6. The predicted molar refractivity (Wildman–Crippen MR) is 109 cm³/mol. The molecule has 2 fully saturated rings. The molecule has 7 nitrogen and oxygen atoms in total. The Morgan fingerprint density at radius 1 is 1.07 bits per heavy atom. The van der Waals surface area contributed by atoms with Crippen LogP contribution in [0, 0.1) is 11.8 Å². The number of aromatic nitrogens is 1. The van der Waals surface area contributed by atoms with Crippen molar-refractivity contribution < 1.29 is 23.0 Å². The number of ether oxygens (including phenoxy) is 2. The molecule has 2 heterocycles. The number of fused-ring (bicyclic) bond motifs is 1. The molecular formula is C21H26N2O5S. The summed E-state index contributed by atoms with van der Waals surface area (Å²) in [5, 5.41) is 10.7. The Labute approximate surface area is 171 Å². The zero-order valence-corrected chi connectivity index (χ0v) is 17.4. The molecule has 0 unspecified atom stereocenters. The largest absolute Gasteiger partial charge is 0.493 e. The minimum absolute atomic E-state index is 0.221. The molecule has 1 aromatic heterocycles. The van der Waals surface area contributed by atoms with E-state index < -0.39 is 15.9 Å². The first-order valence-corrected chi connectivity index (χ1v) is 11.6. The molecule has 29 heavy (non-hydrogen) atoms. The number of aliphatic hydroxyl groups excluding tert-OH is 1. The number of anilines is 1. The standard InChI is InChI=1S/C21H26N2O5S/c1-27-18-5-3-4-6-19(18)28-20-10-15-13-23(12-14(15)9-17(20)24)21-8-7-16(11-22-21)29(2,25)26/h3-8,11,14-15,17,20,24H,9-10,12-13H2,1-2H3/t14-,15+,17+,20+/m0/s1. The van der Waals surface area contributed by atoms with E-state index in [0.717, 1.165) is 25.3 Å². The third-order valence-electron chi connectivity index (χ3n) is 5.91. The molecule has 0 spiro atoms. The molecule has 1 N–H and O–H groups in total. The van der Waals surface area contributed by atoms with E-state index in [9.17, 15) is 13.5 Å². The van der Waals surface area contributed by atoms with Crippen molar-refractivity contribution in [2.24, 2.45) is 11.8 Å². The van der Waals surface area contributed by atoms with Crippen LogP contribution in [0.4, 0.5) is 5.82 Å². The van der Waals surface area contributed by atoms with Crippen LogP contribution in [0.3, 0.4) is 0 Å². The maximum Gasteiger partial charge on any atom is 0.177 e. The fourth-order valence-corrected chi connectivity index (χ4v) is 4.92. The van der Waals surface area contributed by atoms with E-state index in [1.165, 1.54) is 12.5 Å². The van der Waals surface area contributed by atoms with E-state index in [4.69, 9.17) is 9.47 Å². The lowest BCUT2D eigenvalue weighted by atomic mass is 9.78. The van der Waals surface area contributed by atoms with Crippen molar-refractivity contribution in [3.63, 3.8) is 0 Å². The quantitative estimate of drug-likeness (QED) is 0.796. The molecular weight excluding hydrogens is 392 g/mol. The van der Waals surface area contributed by atoms with Crippen LogP contribution in [-0.2, 0) is 9.84 Å². The number of aliphatic hydroxyl groups is 1. The van der Waals surface area contributed by atoms with Gasteiger partial charge in [-0.2, -0.15) is 0 Å². The fourth-order valence-electron chi connectivity index (χ4n) is 4.36. The molecule has 156 valence electrons. The van der Waals surface area contributed by atoms with Gasteiger partial charge in [0.25, 0.3) is 0 Å². The van der Waals surface area contributed by atoms with Crippen LogP contribution < -0.4 is 14.4 Å². The highest BCUT2D eigenvalue weighted by Gasteiger charge is 2.43. The number of para-hydroxylation sites is 2. The summed E-state index contributed by atoms with van der Waals surface area (Å²) >= 11 is 0. The topological polar surface area (TPSA) is 89.0 Å². The highest BCUT2D eigenvalue weighted by Crippen LogP contribution is 2.40. The lowest BCUT2D eigenvalue weighted by Crippen LogP contribution is -2.42. The molecule has 8 heteroatoms. The van der Waals surface area contributed by atoms with E-state index in [0.29, 0.717) is 29.8 Å². The summed E-state index contributed by atoms with van der Waals surface area (Å²) in [6.07, 6.45) is 3.19. The van der Waals surface area contributed by atoms with Gasteiger partial charge >= 0.3 is 0 Å². The number of hydrogen-bond donors (Lipinski definition) is 1. The molecule has 1 aromatic carbocycles. The molecule has 1 aliphatic heterocycles. The van der Waals surface area contributed by atoms with Gasteiger partial charge in [0.1, 0.15) is 11.9 Å². The van der Waals surface area contributed by atoms with Crippen LogP contribution in [0.15, 0.2) is 47.5 Å². The highest BCUT2D eigenvalue weighted by molar-refractivity contribution is 7.90. The van der Waals surface area contributed by atoms with Gasteiger partial charge in [0.05, 0.1) is 18.1 Å². The van der Waals surface area contributed by atoms with Crippen molar-refractivity contribution in [1.82, 2.24) is 4.98 Å². The Bertz CT molecular complexity index is 963. The first kappa shape index (κ1) is 20.0. The zero-order valence-electron chi connectivity index (χ0n) is 16.6. The molecule has 4 atom stereocenters. The normalized spacial score (nSPS) is 26.8. The number of benzene rings is 1.